The maximum absolute atomic E-state index is 11.1. The fourth-order valence-corrected chi connectivity index (χ4v) is 6.25. The predicted octanol–water partition coefficient (Wildman–Crippen LogP) is 1.85. The maximum atomic E-state index is 11.1. The SMILES string of the molecule is CC(C)P(=O)([O-])OP(=O)([O-])C(C)C.CC(C)P(=O)([O-])OP(=O)([O-])C(C)C.[Ti+4]. The zero-order chi connectivity index (χ0) is 21.7. The van der Waals surface area contributed by atoms with Crippen LogP contribution in [0.15, 0.2) is 0 Å². The Bertz CT molecular complexity index is 528. The number of rotatable bonds is 8. The Morgan fingerprint density at radius 3 is 0.667 bits per heavy atom. The average molecular weight is 504 g/mol. The number of hydrogen-bond donors (Lipinski definition) is 0. The Morgan fingerprint density at radius 2 is 0.593 bits per heavy atom. The second-order valence-corrected chi connectivity index (χ2v) is 16.5. The first-order valence-corrected chi connectivity index (χ1v) is 14.3. The van der Waals surface area contributed by atoms with E-state index >= 15 is 0 Å². The van der Waals surface area contributed by atoms with Crippen LogP contribution in [0.2, 0.25) is 0 Å². The molecular formula is C12H28O10P4Ti. The molecule has 0 aliphatic carbocycles. The monoisotopic (exact) mass is 504 g/mol. The van der Waals surface area contributed by atoms with Gasteiger partial charge in [-0.2, -0.15) is 0 Å². The Hall–Kier alpha value is 1.39. The van der Waals surface area contributed by atoms with Crippen molar-refractivity contribution in [2.45, 2.75) is 78.0 Å². The summed E-state index contributed by atoms with van der Waals surface area (Å²) in [6, 6.07) is 0. The molecule has 0 saturated carbocycles. The van der Waals surface area contributed by atoms with Gasteiger partial charge in [0.15, 0.2) is 0 Å². The van der Waals surface area contributed by atoms with E-state index in [9.17, 15) is 37.8 Å². The van der Waals surface area contributed by atoms with Gasteiger partial charge in [0.1, 0.15) is 30.4 Å². The summed E-state index contributed by atoms with van der Waals surface area (Å²) in [5.74, 6) is 0. The molecule has 0 aromatic heterocycles. The maximum Gasteiger partial charge on any atom is 4.00 e. The van der Waals surface area contributed by atoms with Crippen LogP contribution in [-0.4, -0.2) is 22.6 Å². The fourth-order valence-electron chi connectivity index (χ4n) is 0.694. The van der Waals surface area contributed by atoms with Crippen LogP contribution >= 0.6 is 30.4 Å². The predicted molar refractivity (Wildman–Crippen MR) is 93.1 cm³/mol. The van der Waals surface area contributed by atoms with Crippen LogP contribution < -0.4 is 19.6 Å². The van der Waals surface area contributed by atoms with Crippen molar-refractivity contribution in [1.82, 2.24) is 0 Å². The van der Waals surface area contributed by atoms with Gasteiger partial charge in [-0.25, -0.2) is 0 Å². The molecule has 0 bridgehead atoms. The topological polar surface area (TPSA) is 179 Å². The minimum atomic E-state index is -4.27. The molecule has 0 rings (SSSR count). The van der Waals surface area contributed by atoms with Crippen LogP contribution in [0.1, 0.15) is 55.4 Å². The van der Waals surface area contributed by atoms with Crippen molar-refractivity contribution < 1.29 is 68.2 Å². The van der Waals surface area contributed by atoms with Crippen molar-refractivity contribution in [1.29, 1.82) is 0 Å². The molecule has 15 heteroatoms. The summed E-state index contributed by atoms with van der Waals surface area (Å²) < 4.78 is 52.6. The first-order valence-electron chi connectivity index (χ1n) is 7.84. The third-order valence-electron chi connectivity index (χ3n) is 2.99. The molecule has 0 heterocycles. The van der Waals surface area contributed by atoms with E-state index in [1.165, 1.54) is 55.4 Å². The normalized spacial score (nSPS) is 20.7. The molecule has 0 aromatic rings. The molecule has 0 aromatic carbocycles. The van der Waals surface area contributed by atoms with E-state index in [1.54, 1.807) is 0 Å². The van der Waals surface area contributed by atoms with Crippen LogP contribution in [0.4, 0.5) is 0 Å². The van der Waals surface area contributed by atoms with Crippen LogP contribution in [0.25, 0.3) is 0 Å². The Balaban J connectivity index is -0.000000411. The van der Waals surface area contributed by atoms with Crippen molar-refractivity contribution in [3.63, 3.8) is 0 Å². The molecule has 0 fully saturated rings. The van der Waals surface area contributed by atoms with E-state index in [0.29, 0.717) is 0 Å². The van der Waals surface area contributed by atoms with Crippen molar-refractivity contribution in [3.05, 3.63) is 0 Å². The molecule has 0 N–H and O–H groups in total. The Morgan fingerprint density at radius 1 is 0.481 bits per heavy atom. The van der Waals surface area contributed by atoms with Crippen LogP contribution in [0.3, 0.4) is 0 Å². The molecule has 0 spiro atoms. The van der Waals surface area contributed by atoms with E-state index in [1.807, 2.05) is 0 Å². The molecule has 0 aliphatic heterocycles. The number of hydrogen-bond acceptors (Lipinski definition) is 10. The smallest absolute Gasteiger partial charge is 0.778 e. The van der Waals surface area contributed by atoms with Gasteiger partial charge in [-0.3, -0.25) is 8.62 Å². The molecule has 27 heavy (non-hydrogen) atoms. The molecule has 0 saturated heterocycles. The van der Waals surface area contributed by atoms with Crippen LogP contribution in [-0.2, 0) is 48.6 Å². The summed E-state index contributed by atoms with van der Waals surface area (Å²) in [6.07, 6.45) is 0. The van der Waals surface area contributed by atoms with Crippen molar-refractivity contribution >= 4 is 30.4 Å². The molecule has 10 nitrogen and oxygen atoms in total. The summed E-state index contributed by atoms with van der Waals surface area (Å²) in [5.41, 5.74) is -3.30. The second-order valence-electron chi connectivity index (χ2n) is 6.70. The molecule has 0 aliphatic rings. The largest absolute Gasteiger partial charge is 4.00 e. The van der Waals surface area contributed by atoms with Crippen molar-refractivity contribution in [2.75, 3.05) is 0 Å². The van der Waals surface area contributed by atoms with Gasteiger partial charge in [0.05, 0.1) is 0 Å². The van der Waals surface area contributed by atoms with Gasteiger partial charge in [0.2, 0.25) is 0 Å². The van der Waals surface area contributed by atoms with Crippen molar-refractivity contribution in [3.8, 4) is 0 Å². The van der Waals surface area contributed by atoms with Crippen molar-refractivity contribution in [2.24, 2.45) is 0 Å². The Labute approximate surface area is 176 Å². The fraction of sp³-hybridized carbons (Fsp3) is 1.00. The molecule has 0 amide bonds. The van der Waals surface area contributed by atoms with E-state index in [0.717, 1.165) is 0 Å². The summed E-state index contributed by atoms with van der Waals surface area (Å²) in [5, 5.41) is 0. The van der Waals surface area contributed by atoms with Gasteiger partial charge < -0.3 is 37.8 Å². The van der Waals surface area contributed by atoms with E-state index in [2.05, 4.69) is 8.62 Å². The van der Waals surface area contributed by atoms with Gasteiger partial charge >= 0.3 is 21.7 Å². The quantitative estimate of drug-likeness (QED) is 0.350. The third kappa shape index (κ3) is 12.6. The summed E-state index contributed by atoms with van der Waals surface area (Å²) >= 11 is 0. The van der Waals surface area contributed by atoms with Gasteiger partial charge in [-0.15, -0.1) is 0 Å². The Kier molecular flexibility index (Phi) is 15.0. The first kappa shape index (κ1) is 33.0. The summed E-state index contributed by atoms with van der Waals surface area (Å²) in [7, 11) is -17.1. The molecular weight excluding hydrogens is 476 g/mol. The minimum Gasteiger partial charge on any atom is -0.778 e. The molecule has 160 valence electrons. The summed E-state index contributed by atoms with van der Waals surface area (Å²) in [4.78, 5) is 44.3. The zero-order valence-corrected chi connectivity index (χ0v) is 21.8. The molecule has 4 atom stereocenters. The second kappa shape index (κ2) is 12.3. The molecule has 0 radical (unpaired) electrons. The van der Waals surface area contributed by atoms with E-state index in [4.69, 9.17) is 0 Å². The minimum absolute atomic E-state index is 0. The van der Waals surface area contributed by atoms with Crippen LogP contribution in [0.5, 0.6) is 0 Å². The first-order chi connectivity index (χ1) is 11.2. The standard InChI is InChI=1S/2C6H16O5P2.Ti/c2*1-5(2)12(7,8)11-13(9,10)6(3)4;/h2*5-6H,1-4H3,(H,7,8)(H,9,10);/q;;+4/p-4. The zero-order valence-electron chi connectivity index (χ0n) is 16.7. The average Bonchev–Trinajstić information content (AvgIpc) is 2.36. The van der Waals surface area contributed by atoms with Gasteiger partial charge in [-0.05, 0) is 0 Å². The van der Waals surface area contributed by atoms with Gasteiger partial charge in [0.25, 0.3) is 0 Å². The summed E-state index contributed by atoms with van der Waals surface area (Å²) in [6.45, 7) is 11.0. The molecule has 4 unspecified atom stereocenters. The third-order valence-corrected chi connectivity index (χ3v) is 11.7. The van der Waals surface area contributed by atoms with Gasteiger partial charge in [-0.1, -0.05) is 55.4 Å². The van der Waals surface area contributed by atoms with Gasteiger partial charge in [0, 0.05) is 22.6 Å². The van der Waals surface area contributed by atoms with Crippen LogP contribution in [0, 0.1) is 0 Å². The van der Waals surface area contributed by atoms with E-state index in [-0.39, 0.29) is 21.7 Å². The van der Waals surface area contributed by atoms with E-state index < -0.39 is 53.0 Å².